The number of hydrogen-bond acceptors (Lipinski definition) is 10. The number of rotatable bonds is 9. The second-order valence-corrected chi connectivity index (χ2v) is 14.3. The van der Waals surface area contributed by atoms with E-state index in [1.54, 1.807) is 31.2 Å². The van der Waals surface area contributed by atoms with Crippen molar-refractivity contribution in [1.29, 1.82) is 0 Å². The predicted molar refractivity (Wildman–Crippen MR) is 171 cm³/mol. The van der Waals surface area contributed by atoms with Gasteiger partial charge in [0, 0.05) is 23.5 Å². The number of allylic oxidation sites excluding steroid dienone is 5. The zero-order valence-electron chi connectivity index (χ0n) is 27.5. The summed E-state index contributed by atoms with van der Waals surface area (Å²) in [5.74, 6) is -5.65. The molecule has 1 aromatic rings. The fraction of sp³-hybridized carbons (Fsp3) is 0.595. The van der Waals surface area contributed by atoms with Crippen molar-refractivity contribution in [3.05, 3.63) is 84.5 Å². The van der Waals surface area contributed by atoms with Crippen LogP contribution in [-0.4, -0.2) is 84.9 Å². The zero-order valence-corrected chi connectivity index (χ0v) is 27.5. The molecule has 1 aromatic carbocycles. The molecule has 10 heteroatoms. The van der Waals surface area contributed by atoms with Crippen LogP contribution in [0.3, 0.4) is 0 Å². The lowest BCUT2D eigenvalue weighted by Crippen LogP contribution is -2.73. The van der Waals surface area contributed by atoms with E-state index in [-0.39, 0.29) is 6.42 Å². The van der Waals surface area contributed by atoms with Crippen molar-refractivity contribution in [2.24, 2.45) is 23.7 Å². The first-order valence-corrected chi connectivity index (χ1v) is 16.7. The van der Waals surface area contributed by atoms with Crippen LogP contribution < -0.4 is 0 Å². The minimum atomic E-state index is -2.65. The maximum Gasteiger partial charge on any atom is 0.330 e. The molecule has 47 heavy (non-hydrogen) atoms. The van der Waals surface area contributed by atoms with Gasteiger partial charge in [-0.1, -0.05) is 94.5 Å². The number of fused-ring (bicyclic) bond motifs is 2. The van der Waals surface area contributed by atoms with Gasteiger partial charge in [-0.3, -0.25) is 0 Å². The smallest absolute Gasteiger partial charge is 0.330 e. The van der Waals surface area contributed by atoms with Crippen molar-refractivity contribution in [2.75, 3.05) is 6.61 Å². The maximum atomic E-state index is 12.8. The van der Waals surface area contributed by atoms with E-state index in [1.807, 2.05) is 44.2 Å². The Labute approximate surface area is 276 Å². The lowest BCUT2D eigenvalue weighted by Gasteiger charge is -2.61. The SMILES string of the molecule is C=C(C)[C@]12C[C@@H](C)[C@@]34O[C@](c5ccccc5)(O[C@@H]1[C@@H]3[C@H](O)[C@](O)(COC(=O)/C=C/C=C/C=C/CCC)[C@@H](O)[C@@]1(O)[C@H]4C[C@H](C)[C@@H]1O)O2. The second-order valence-electron chi connectivity index (χ2n) is 14.3. The van der Waals surface area contributed by atoms with Gasteiger partial charge in [0.2, 0.25) is 0 Å². The summed E-state index contributed by atoms with van der Waals surface area (Å²) in [5, 5.41) is 60.8. The summed E-state index contributed by atoms with van der Waals surface area (Å²) >= 11 is 0. The monoisotopic (exact) mass is 652 g/mol. The highest BCUT2D eigenvalue weighted by molar-refractivity contribution is 5.82. The summed E-state index contributed by atoms with van der Waals surface area (Å²) in [7, 11) is 0. The fourth-order valence-electron chi connectivity index (χ4n) is 9.25. The standard InChI is InChI=1S/C37H48O10/c1-6-7-8-9-10-11-15-18-27(38)44-21-33(42)30(40)28-31-34(22(2)3)20-24(5)36(28,26-19-23(4)29(39)35(26,43)32(33)41)47-37(45-31,46-34)25-16-13-12-14-17-25/h8-18,23-24,26,28-32,39-43H,2,6-7,19-21H2,1,3-5H3/b9-8+,11-10+,18-15+/t23-,24+,26+,28-,29-,30-,31+,32+,33+,34+,35+,36-,37+/m0/s1. The van der Waals surface area contributed by atoms with E-state index in [0.29, 0.717) is 17.6 Å². The first kappa shape index (κ1) is 34.2. The molecule has 3 bridgehead atoms. The first-order chi connectivity index (χ1) is 22.2. The Kier molecular flexibility index (Phi) is 8.76. The highest BCUT2D eigenvalue weighted by Crippen LogP contribution is 2.72. The Morgan fingerprint density at radius 2 is 1.74 bits per heavy atom. The topological polar surface area (TPSA) is 155 Å². The number of aliphatic hydroxyl groups excluding tert-OH is 3. The van der Waals surface area contributed by atoms with Crippen molar-refractivity contribution in [1.82, 2.24) is 0 Å². The molecule has 256 valence electrons. The molecule has 2 aliphatic heterocycles. The normalized spacial score (nSPS) is 47.0. The van der Waals surface area contributed by atoms with E-state index in [9.17, 15) is 30.3 Å². The molecule has 0 amide bonds. The summed E-state index contributed by atoms with van der Waals surface area (Å²) in [6.07, 6.45) is 5.95. The van der Waals surface area contributed by atoms with Crippen LogP contribution in [0.1, 0.15) is 58.9 Å². The third-order valence-corrected chi connectivity index (χ3v) is 11.5. The van der Waals surface area contributed by atoms with Crippen LogP contribution in [0.5, 0.6) is 0 Å². The van der Waals surface area contributed by atoms with E-state index < -0.39 is 89.0 Å². The molecule has 0 spiro atoms. The van der Waals surface area contributed by atoms with E-state index in [4.69, 9.17) is 18.9 Å². The van der Waals surface area contributed by atoms with Crippen LogP contribution in [0.15, 0.2) is 78.9 Å². The van der Waals surface area contributed by atoms with Crippen LogP contribution >= 0.6 is 0 Å². The van der Waals surface area contributed by atoms with Crippen LogP contribution in [0, 0.1) is 23.7 Å². The Morgan fingerprint density at radius 3 is 2.43 bits per heavy atom. The molecule has 3 saturated carbocycles. The van der Waals surface area contributed by atoms with Crippen LogP contribution in [0.4, 0.5) is 0 Å². The highest BCUT2D eigenvalue weighted by atomic mass is 16.9. The number of carbonyl (C=O) groups excluding carboxylic acids is 1. The van der Waals surface area contributed by atoms with Gasteiger partial charge in [-0.15, -0.1) is 0 Å². The second kappa shape index (κ2) is 12.0. The number of unbranched alkanes of at least 4 members (excludes halogenated alkanes) is 1. The predicted octanol–water partition coefficient (Wildman–Crippen LogP) is 3.18. The molecule has 0 unspecified atom stereocenters. The van der Waals surface area contributed by atoms with Crippen LogP contribution in [0.25, 0.3) is 0 Å². The fourth-order valence-corrected chi connectivity index (χ4v) is 9.25. The molecule has 2 heterocycles. The number of benzene rings is 1. The van der Waals surface area contributed by atoms with Crippen LogP contribution in [0.2, 0.25) is 0 Å². The van der Waals surface area contributed by atoms with Gasteiger partial charge in [0.1, 0.15) is 30.0 Å². The third kappa shape index (κ3) is 4.79. The Balaban J connectivity index is 1.44. The Bertz CT molecular complexity index is 1460. The lowest BCUT2D eigenvalue weighted by molar-refractivity contribution is -0.446. The van der Waals surface area contributed by atoms with E-state index >= 15 is 0 Å². The molecule has 2 saturated heterocycles. The summed E-state index contributed by atoms with van der Waals surface area (Å²) in [6.45, 7) is 10.9. The molecule has 10 nitrogen and oxygen atoms in total. The van der Waals surface area contributed by atoms with Gasteiger partial charge in [-0.05, 0) is 43.6 Å². The van der Waals surface area contributed by atoms with Crippen molar-refractivity contribution >= 4 is 5.97 Å². The minimum absolute atomic E-state index is 0.206. The molecule has 13 atom stereocenters. The van der Waals surface area contributed by atoms with Crippen LogP contribution in [-0.2, 0) is 29.7 Å². The van der Waals surface area contributed by atoms with Crippen molar-refractivity contribution in [3.8, 4) is 0 Å². The zero-order chi connectivity index (χ0) is 34.0. The molecule has 5 aliphatic rings. The average molecular weight is 653 g/mol. The maximum absolute atomic E-state index is 12.8. The molecule has 0 radical (unpaired) electrons. The molecule has 6 rings (SSSR count). The highest BCUT2D eigenvalue weighted by Gasteiger charge is 2.85. The van der Waals surface area contributed by atoms with Crippen molar-refractivity contribution in [3.63, 3.8) is 0 Å². The summed E-state index contributed by atoms with van der Waals surface area (Å²) in [4.78, 5) is 12.8. The van der Waals surface area contributed by atoms with Gasteiger partial charge in [-0.25, -0.2) is 4.79 Å². The molecule has 0 aromatic heterocycles. The molecular formula is C37H48O10. The number of hydrogen-bond donors (Lipinski definition) is 5. The van der Waals surface area contributed by atoms with E-state index in [1.165, 1.54) is 6.08 Å². The Hall–Kier alpha value is -2.67. The molecule has 3 aliphatic carbocycles. The van der Waals surface area contributed by atoms with Gasteiger partial charge in [-0.2, -0.15) is 0 Å². The van der Waals surface area contributed by atoms with Crippen molar-refractivity contribution in [2.45, 2.75) is 106 Å². The number of ether oxygens (including phenoxy) is 4. The third-order valence-electron chi connectivity index (χ3n) is 11.5. The summed E-state index contributed by atoms with van der Waals surface area (Å²) in [6, 6.07) is 9.09. The molecular weight excluding hydrogens is 604 g/mol. The quantitative estimate of drug-likeness (QED) is 0.116. The first-order valence-electron chi connectivity index (χ1n) is 16.7. The number of carbonyl (C=O) groups is 1. The minimum Gasteiger partial charge on any atom is -0.459 e. The van der Waals surface area contributed by atoms with Gasteiger partial charge in [0.15, 0.2) is 5.60 Å². The van der Waals surface area contributed by atoms with Gasteiger partial charge < -0.3 is 44.5 Å². The lowest BCUT2D eigenvalue weighted by atomic mass is 9.53. The summed E-state index contributed by atoms with van der Waals surface area (Å²) in [5.41, 5.74) is -6.48. The average Bonchev–Trinajstić information content (AvgIpc) is 3.41. The van der Waals surface area contributed by atoms with E-state index in [0.717, 1.165) is 18.9 Å². The van der Waals surface area contributed by atoms with Gasteiger partial charge >= 0.3 is 11.9 Å². The summed E-state index contributed by atoms with van der Waals surface area (Å²) < 4.78 is 26.0. The molecule has 5 fully saturated rings. The number of esters is 1. The van der Waals surface area contributed by atoms with Gasteiger partial charge in [0.05, 0.1) is 17.8 Å². The van der Waals surface area contributed by atoms with Crippen molar-refractivity contribution < 1.29 is 49.3 Å². The number of aliphatic hydroxyl groups is 5. The molecule has 5 N–H and O–H groups in total. The largest absolute Gasteiger partial charge is 0.459 e. The van der Waals surface area contributed by atoms with Gasteiger partial charge in [0.25, 0.3) is 0 Å². The Morgan fingerprint density at radius 1 is 1.04 bits per heavy atom. The van der Waals surface area contributed by atoms with E-state index in [2.05, 4.69) is 13.5 Å².